The van der Waals surface area contributed by atoms with E-state index in [1.54, 1.807) is 0 Å². The van der Waals surface area contributed by atoms with Crippen molar-refractivity contribution in [2.75, 3.05) is 5.32 Å². The molecule has 3 rings (SSSR count). The molecule has 2 aromatic rings. The molecular formula is C17H23N3. The van der Waals surface area contributed by atoms with E-state index in [0.717, 1.165) is 17.5 Å². The number of imidazole rings is 1. The summed E-state index contributed by atoms with van der Waals surface area (Å²) in [7, 11) is 0. The van der Waals surface area contributed by atoms with Crippen LogP contribution in [0.15, 0.2) is 43.0 Å². The molecule has 1 aliphatic rings. The van der Waals surface area contributed by atoms with Crippen LogP contribution in [0.1, 0.15) is 33.1 Å². The highest BCUT2D eigenvalue weighted by atomic mass is 15.0. The minimum absolute atomic E-state index is 0.585. The zero-order chi connectivity index (χ0) is 13.9. The second-order valence-corrected chi connectivity index (χ2v) is 6.08. The van der Waals surface area contributed by atoms with Gasteiger partial charge in [-0.15, -0.1) is 0 Å². The summed E-state index contributed by atoms with van der Waals surface area (Å²) in [5, 5.41) is 3.75. The fraction of sp³-hybridized carbons (Fsp3) is 0.471. The first-order valence-electron chi connectivity index (χ1n) is 7.59. The molecule has 0 spiro atoms. The van der Waals surface area contributed by atoms with Crippen LogP contribution in [-0.2, 0) is 0 Å². The van der Waals surface area contributed by atoms with Gasteiger partial charge in [0.1, 0.15) is 0 Å². The van der Waals surface area contributed by atoms with Gasteiger partial charge in [0.05, 0.1) is 6.33 Å². The highest BCUT2D eigenvalue weighted by Crippen LogP contribution is 2.31. The van der Waals surface area contributed by atoms with Crippen molar-refractivity contribution in [3.8, 4) is 5.69 Å². The van der Waals surface area contributed by atoms with Crippen LogP contribution >= 0.6 is 0 Å². The van der Waals surface area contributed by atoms with Crippen molar-refractivity contribution in [3.63, 3.8) is 0 Å². The summed E-state index contributed by atoms with van der Waals surface area (Å²) < 4.78 is 2.04. The van der Waals surface area contributed by atoms with E-state index >= 15 is 0 Å². The van der Waals surface area contributed by atoms with Gasteiger partial charge in [-0.05, 0) is 42.9 Å². The smallest absolute Gasteiger partial charge is 0.0991 e. The van der Waals surface area contributed by atoms with Gasteiger partial charge in [-0.2, -0.15) is 0 Å². The number of rotatable bonds is 3. The van der Waals surface area contributed by atoms with Gasteiger partial charge in [-0.3, -0.25) is 0 Å². The molecule has 2 unspecified atom stereocenters. The van der Waals surface area contributed by atoms with Crippen LogP contribution in [0.25, 0.3) is 5.69 Å². The van der Waals surface area contributed by atoms with Crippen molar-refractivity contribution < 1.29 is 0 Å². The van der Waals surface area contributed by atoms with Crippen LogP contribution < -0.4 is 5.32 Å². The standard InChI is InChI=1S/C17H23N3/c1-13-5-3-6-14(2)17(13)19-15-7-4-8-16(11-15)20-10-9-18-12-20/h4,7-14,17,19H,3,5-6H2,1-2H3. The molecule has 1 aromatic carbocycles. The van der Waals surface area contributed by atoms with E-state index in [1.807, 2.05) is 23.3 Å². The van der Waals surface area contributed by atoms with Crippen molar-refractivity contribution in [2.45, 2.75) is 39.2 Å². The van der Waals surface area contributed by atoms with Crippen molar-refractivity contribution in [1.82, 2.24) is 9.55 Å². The third-order valence-electron chi connectivity index (χ3n) is 4.53. The Hall–Kier alpha value is -1.77. The first-order valence-corrected chi connectivity index (χ1v) is 7.59. The number of hydrogen-bond acceptors (Lipinski definition) is 2. The van der Waals surface area contributed by atoms with Gasteiger partial charge in [0.15, 0.2) is 0 Å². The summed E-state index contributed by atoms with van der Waals surface area (Å²) in [4.78, 5) is 4.11. The van der Waals surface area contributed by atoms with Gasteiger partial charge in [-0.25, -0.2) is 4.98 Å². The number of anilines is 1. The Kier molecular flexibility index (Phi) is 3.77. The lowest BCUT2D eigenvalue weighted by Crippen LogP contribution is -2.37. The van der Waals surface area contributed by atoms with Gasteiger partial charge >= 0.3 is 0 Å². The molecule has 3 heteroatoms. The summed E-state index contributed by atoms with van der Waals surface area (Å²) in [6.07, 6.45) is 9.67. The lowest BCUT2D eigenvalue weighted by molar-refractivity contribution is 0.268. The molecule has 1 heterocycles. The molecule has 20 heavy (non-hydrogen) atoms. The van der Waals surface area contributed by atoms with Crippen molar-refractivity contribution in [1.29, 1.82) is 0 Å². The number of nitrogens with zero attached hydrogens (tertiary/aromatic N) is 2. The molecule has 0 amide bonds. The Bertz CT molecular complexity index is 537. The Balaban J connectivity index is 1.79. The number of aromatic nitrogens is 2. The first-order chi connectivity index (χ1) is 9.74. The second-order valence-electron chi connectivity index (χ2n) is 6.08. The van der Waals surface area contributed by atoms with E-state index in [9.17, 15) is 0 Å². The maximum Gasteiger partial charge on any atom is 0.0991 e. The van der Waals surface area contributed by atoms with Crippen LogP contribution in [0, 0.1) is 11.8 Å². The lowest BCUT2D eigenvalue weighted by atomic mass is 9.78. The predicted octanol–water partition coefficient (Wildman–Crippen LogP) is 4.11. The summed E-state index contributed by atoms with van der Waals surface area (Å²) in [5.74, 6) is 1.49. The summed E-state index contributed by atoms with van der Waals surface area (Å²) >= 11 is 0. The maximum atomic E-state index is 4.11. The monoisotopic (exact) mass is 269 g/mol. The van der Waals surface area contributed by atoms with Gasteiger partial charge in [-0.1, -0.05) is 26.3 Å². The molecular weight excluding hydrogens is 246 g/mol. The van der Waals surface area contributed by atoms with Crippen molar-refractivity contribution >= 4 is 5.69 Å². The van der Waals surface area contributed by atoms with E-state index in [0.29, 0.717) is 6.04 Å². The quantitative estimate of drug-likeness (QED) is 0.908. The van der Waals surface area contributed by atoms with Crippen LogP contribution in [-0.4, -0.2) is 15.6 Å². The van der Waals surface area contributed by atoms with Crippen LogP contribution in [0.3, 0.4) is 0 Å². The van der Waals surface area contributed by atoms with Gasteiger partial charge in [0.2, 0.25) is 0 Å². The fourth-order valence-electron chi connectivity index (χ4n) is 3.33. The van der Waals surface area contributed by atoms with E-state index in [1.165, 1.54) is 24.9 Å². The van der Waals surface area contributed by atoms with Crippen LogP contribution in [0.2, 0.25) is 0 Å². The average Bonchev–Trinajstić information content (AvgIpc) is 2.98. The van der Waals surface area contributed by atoms with E-state index in [-0.39, 0.29) is 0 Å². The SMILES string of the molecule is CC1CCCC(C)C1Nc1cccc(-n2ccnc2)c1. The zero-order valence-corrected chi connectivity index (χ0v) is 12.3. The molecule has 106 valence electrons. The van der Waals surface area contributed by atoms with E-state index in [4.69, 9.17) is 0 Å². The molecule has 1 aliphatic carbocycles. The Labute approximate surface area is 121 Å². The molecule has 1 fully saturated rings. The fourth-order valence-corrected chi connectivity index (χ4v) is 3.33. The lowest BCUT2D eigenvalue weighted by Gasteiger charge is -2.36. The molecule has 0 saturated heterocycles. The summed E-state index contributed by atoms with van der Waals surface area (Å²) in [6, 6.07) is 9.17. The van der Waals surface area contributed by atoms with Gasteiger partial charge < -0.3 is 9.88 Å². The Morgan fingerprint density at radius 2 is 2.00 bits per heavy atom. The van der Waals surface area contributed by atoms with Crippen LogP contribution in [0.4, 0.5) is 5.69 Å². The largest absolute Gasteiger partial charge is 0.382 e. The van der Waals surface area contributed by atoms with Gasteiger partial charge in [0.25, 0.3) is 0 Å². The minimum Gasteiger partial charge on any atom is -0.382 e. The molecule has 1 N–H and O–H groups in total. The molecule has 0 aliphatic heterocycles. The second kappa shape index (κ2) is 5.70. The third-order valence-corrected chi connectivity index (χ3v) is 4.53. The summed E-state index contributed by atoms with van der Waals surface area (Å²) in [5.41, 5.74) is 2.37. The van der Waals surface area contributed by atoms with E-state index in [2.05, 4.69) is 48.4 Å². The summed E-state index contributed by atoms with van der Waals surface area (Å²) in [6.45, 7) is 4.74. The average molecular weight is 269 g/mol. The highest BCUT2D eigenvalue weighted by Gasteiger charge is 2.27. The molecule has 0 radical (unpaired) electrons. The number of hydrogen-bond donors (Lipinski definition) is 1. The van der Waals surface area contributed by atoms with Gasteiger partial charge in [0, 0.05) is 29.8 Å². The first kappa shape index (κ1) is 13.2. The topological polar surface area (TPSA) is 29.9 Å². The van der Waals surface area contributed by atoms with Crippen molar-refractivity contribution in [3.05, 3.63) is 43.0 Å². The molecule has 2 atom stereocenters. The predicted molar refractivity (Wildman–Crippen MR) is 83.2 cm³/mol. The minimum atomic E-state index is 0.585. The molecule has 1 aromatic heterocycles. The third kappa shape index (κ3) is 2.72. The Morgan fingerprint density at radius 3 is 2.70 bits per heavy atom. The normalized spacial score (nSPS) is 26.4. The number of nitrogens with one attached hydrogen (secondary N) is 1. The van der Waals surface area contributed by atoms with Crippen molar-refractivity contribution in [2.24, 2.45) is 11.8 Å². The molecule has 3 nitrogen and oxygen atoms in total. The Morgan fingerprint density at radius 1 is 1.20 bits per heavy atom. The highest BCUT2D eigenvalue weighted by molar-refractivity contribution is 5.52. The van der Waals surface area contributed by atoms with E-state index < -0.39 is 0 Å². The maximum absolute atomic E-state index is 4.11. The zero-order valence-electron chi connectivity index (χ0n) is 12.3. The molecule has 0 bridgehead atoms. The molecule has 1 saturated carbocycles. The number of benzene rings is 1. The van der Waals surface area contributed by atoms with Crippen LogP contribution in [0.5, 0.6) is 0 Å².